The fourth-order valence-corrected chi connectivity index (χ4v) is 5.51. The Balaban J connectivity index is 1.59. The molecule has 3 nitrogen and oxygen atoms in total. The van der Waals surface area contributed by atoms with E-state index in [2.05, 4.69) is 63.9 Å². The molecule has 4 heterocycles. The summed E-state index contributed by atoms with van der Waals surface area (Å²) in [6, 6.07) is 16.0. The van der Waals surface area contributed by atoms with Gasteiger partial charge in [-0.2, -0.15) is 0 Å². The van der Waals surface area contributed by atoms with E-state index in [9.17, 15) is 0 Å². The van der Waals surface area contributed by atoms with Crippen molar-refractivity contribution >= 4 is 42.7 Å². The van der Waals surface area contributed by atoms with E-state index in [1.807, 2.05) is 11.3 Å². The number of benzene rings is 2. The molecule has 0 aliphatic carbocycles. The number of thiophene rings is 1. The summed E-state index contributed by atoms with van der Waals surface area (Å²) in [4.78, 5) is 9.02. The molecule has 0 fully saturated rings. The molecule has 1 aliphatic heterocycles. The van der Waals surface area contributed by atoms with Gasteiger partial charge >= 0.3 is 5.65 Å². The molecule has 0 saturated heterocycles. The number of fused-ring (bicyclic) bond motifs is 8. The van der Waals surface area contributed by atoms with Gasteiger partial charge in [0.15, 0.2) is 11.7 Å². The molecule has 4 heteroatoms. The molecule has 0 saturated carbocycles. The minimum Gasteiger partial charge on any atom is -0.244 e. The number of nitrogens with zero attached hydrogens (tertiary/aromatic N) is 3. The van der Waals surface area contributed by atoms with Gasteiger partial charge < -0.3 is 0 Å². The van der Waals surface area contributed by atoms with Crippen LogP contribution in [0.1, 0.15) is 24.5 Å². The van der Waals surface area contributed by atoms with Crippen LogP contribution in [-0.2, 0) is 13.0 Å². The highest BCUT2D eigenvalue weighted by Crippen LogP contribution is 2.40. The van der Waals surface area contributed by atoms with E-state index in [1.54, 1.807) is 12.4 Å². The third-order valence-corrected chi connectivity index (χ3v) is 6.67. The molecule has 27 heavy (non-hydrogen) atoms. The molecule has 130 valence electrons. The van der Waals surface area contributed by atoms with E-state index in [0.717, 1.165) is 24.1 Å². The Kier molecular flexibility index (Phi) is 3.14. The number of hydrogen-bond acceptors (Lipinski definition) is 3. The minimum atomic E-state index is 0.863. The topological polar surface area (TPSA) is 29.7 Å². The van der Waals surface area contributed by atoms with Gasteiger partial charge in [-0.25, -0.2) is 9.55 Å². The average Bonchev–Trinajstić information content (AvgIpc) is 3.23. The smallest absolute Gasteiger partial charge is 0.244 e. The lowest BCUT2D eigenvalue weighted by molar-refractivity contribution is -0.647. The standard InChI is InChI=1S/C23H18N3S/c1-2-3-14-4-5-16-18-11-15-13-26-20(7-6-19-23(26)25-9-8-24-19)17(15)12-22(18)27-21(16)10-14/h4-12H,2-3,13H2,1H3/q+1. The molecule has 0 amide bonds. The highest BCUT2D eigenvalue weighted by Gasteiger charge is 2.27. The van der Waals surface area contributed by atoms with Gasteiger partial charge in [0.2, 0.25) is 0 Å². The molecule has 0 spiro atoms. The van der Waals surface area contributed by atoms with Crippen LogP contribution in [0.3, 0.4) is 0 Å². The Morgan fingerprint density at radius 2 is 1.85 bits per heavy atom. The molecule has 1 aliphatic rings. The molecule has 3 aromatic heterocycles. The van der Waals surface area contributed by atoms with Crippen LogP contribution < -0.4 is 4.57 Å². The summed E-state index contributed by atoms with van der Waals surface area (Å²) in [6.07, 6.45) is 5.87. The maximum atomic E-state index is 4.57. The minimum absolute atomic E-state index is 0.863. The fourth-order valence-electron chi connectivity index (χ4n) is 4.32. The van der Waals surface area contributed by atoms with E-state index in [4.69, 9.17) is 0 Å². The van der Waals surface area contributed by atoms with E-state index >= 15 is 0 Å². The summed E-state index contributed by atoms with van der Waals surface area (Å²) in [5.41, 5.74) is 7.29. The van der Waals surface area contributed by atoms with E-state index < -0.39 is 0 Å². The Morgan fingerprint density at radius 1 is 0.963 bits per heavy atom. The maximum absolute atomic E-state index is 4.57. The molecule has 0 atom stereocenters. The van der Waals surface area contributed by atoms with Crippen molar-refractivity contribution in [3.05, 3.63) is 66.0 Å². The van der Waals surface area contributed by atoms with Crippen molar-refractivity contribution in [2.75, 3.05) is 0 Å². The Hall–Kier alpha value is -2.85. The lowest BCUT2D eigenvalue weighted by atomic mass is 10.0. The van der Waals surface area contributed by atoms with Gasteiger partial charge in [0.25, 0.3) is 0 Å². The van der Waals surface area contributed by atoms with Crippen LogP contribution in [0.25, 0.3) is 42.6 Å². The summed E-state index contributed by atoms with van der Waals surface area (Å²) in [6.45, 7) is 3.10. The zero-order chi connectivity index (χ0) is 18.0. The SMILES string of the molecule is CCCc1ccc2c(c1)sc1cc3c(cc12)C[n+]1c-3ccc2nccnc21. The summed E-state index contributed by atoms with van der Waals surface area (Å²) in [5.74, 6) is 0. The molecule has 0 N–H and O–H groups in total. The first-order chi connectivity index (χ1) is 13.3. The van der Waals surface area contributed by atoms with E-state index in [-0.39, 0.29) is 0 Å². The number of hydrogen-bond donors (Lipinski definition) is 0. The van der Waals surface area contributed by atoms with Crippen molar-refractivity contribution in [3.63, 3.8) is 0 Å². The first kappa shape index (κ1) is 15.2. The molecule has 0 unspecified atom stereocenters. The van der Waals surface area contributed by atoms with Crippen molar-refractivity contribution in [1.29, 1.82) is 0 Å². The van der Waals surface area contributed by atoms with Gasteiger partial charge in [-0.3, -0.25) is 0 Å². The van der Waals surface area contributed by atoms with Crippen LogP contribution >= 0.6 is 11.3 Å². The number of aryl methyl sites for hydroxylation is 1. The van der Waals surface area contributed by atoms with Crippen LogP contribution in [0, 0.1) is 0 Å². The summed E-state index contributed by atoms with van der Waals surface area (Å²) >= 11 is 1.91. The first-order valence-electron chi connectivity index (χ1n) is 9.44. The highest BCUT2D eigenvalue weighted by molar-refractivity contribution is 7.25. The quantitative estimate of drug-likeness (QED) is 0.390. The first-order valence-corrected chi connectivity index (χ1v) is 10.3. The number of pyridine rings is 1. The second kappa shape index (κ2) is 5.57. The summed E-state index contributed by atoms with van der Waals surface area (Å²) in [5, 5.41) is 2.75. The molecule has 0 radical (unpaired) electrons. The van der Waals surface area contributed by atoms with Crippen LogP contribution in [0.15, 0.2) is 54.9 Å². The normalized spacial score (nSPS) is 12.8. The van der Waals surface area contributed by atoms with Crippen LogP contribution in [0.2, 0.25) is 0 Å². The average molecular weight is 368 g/mol. The lowest BCUT2D eigenvalue weighted by Crippen LogP contribution is -2.34. The van der Waals surface area contributed by atoms with Crippen LogP contribution in [-0.4, -0.2) is 9.97 Å². The Morgan fingerprint density at radius 3 is 2.78 bits per heavy atom. The fraction of sp³-hybridized carbons (Fsp3) is 0.174. The Bertz CT molecular complexity index is 1370. The summed E-state index contributed by atoms with van der Waals surface area (Å²) < 4.78 is 5.06. The predicted molar refractivity (Wildman–Crippen MR) is 111 cm³/mol. The van der Waals surface area contributed by atoms with Crippen molar-refractivity contribution in [1.82, 2.24) is 9.97 Å². The largest absolute Gasteiger partial charge is 0.349 e. The van der Waals surface area contributed by atoms with Gasteiger partial charge in [0.1, 0.15) is 12.2 Å². The van der Waals surface area contributed by atoms with Crippen LogP contribution in [0.4, 0.5) is 0 Å². The monoisotopic (exact) mass is 368 g/mol. The molecule has 6 rings (SSSR count). The lowest BCUT2D eigenvalue weighted by Gasteiger charge is -1.99. The van der Waals surface area contributed by atoms with Crippen molar-refractivity contribution in [2.24, 2.45) is 0 Å². The molecular weight excluding hydrogens is 350 g/mol. The second-order valence-corrected chi connectivity index (χ2v) is 8.34. The zero-order valence-corrected chi connectivity index (χ0v) is 15.9. The number of rotatable bonds is 2. The maximum Gasteiger partial charge on any atom is 0.349 e. The van der Waals surface area contributed by atoms with Gasteiger partial charge in [0, 0.05) is 31.3 Å². The van der Waals surface area contributed by atoms with Crippen molar-refractivity contribution in [2.45, 2.75) is 26.3 Å². The van der Waals surface area contributed by atoms with Gasteiger partial charge in [-0.15, -0.1) is 11.3 Å². The second-order valence-electron chi connectivity index (χ2n) is 7.26. The highest BCUT2D eigenvalue weighted by atomic mass is 32.1. The van der Waals surface area contributed by atoms with Gasteiger partial charge in [0.05, 0.1) is 6.20 Å². The Labute approximate surface area is 160 Å². The predicted octanol–water partition coefficient (Wildman–Crippen LogP) is 5.27. The third kappa shape index (κ3) is 2.17. The van der Waals surface area contributed by atoms with Crippen molar-refractivity contribution in [3.8, 4) is 11.3 Å². The third-order valence-electron chi connectivity index (χ3n) is 5.56. The van der Waals surface area contributed by atoms with Gasteiger partial charge in [-0.05, 0) is 47.3 Å². The van der Waals surface area contributed by atoms with E-state index in [0.29, 0.717) is 0 Å². The number of aromatic nitrogens is 3. The summed E-state index contributed by atoms with van der Waals surface area (Å²) in [7, 11) is 0. The van der Waals surface area contributed by atoms with Gasteiger partial charge in [-0.1, -0.05) is 25.5 Å². The zero-order valence-electron chi connectivity index (χ0n) is 15.1. The molecule has 0 bridgehead atoms. The van der Waals surface area contributed by atoms with Crippen LogP contribution in [0.5, 0.6) is 0 Å². The van der Waals surface area contributed by atoms with E-state index in [1.165, 1.54) is 49.0 Å². The molecular formula is C23H18N3S+. The molecule has 5 aromatic rings. The van der Waals surface area contributed by atoms with Crippen molar-refractivity contribution < 1.29 is 4.57 Å². The molecule has 2 aromatic carbocycles.